The van der Waals surface area contributed by atoms with Crippen LogP contribution in [-0.2, 0) is 0 Å². The molecule has 0 atom stereocenters. The van der Waals surface area contributed by atoms with Crippen LogP contribution in [0.25, 0.3) is 23.1 Å². The standard InChI is InChI=1S/C19H17NO2/c1-21-18-8-5-9-19(22-2)16(18)11-10-14-12-13-20-17-7-4-3-6-15(14)17/h3-13H,1-2H3/b11-10+. The third-order valence-electron chi connectivity index (χ3n) is 3.58. The van der Waals surface area contributed by atoms with E-state index < -0.39 is 0 Å². The van der Waals surface area contributed by atoms with Gasteiger partial charge >= 0.3 is 0 Å². The Bertz CT molecular complexity index is 797. The lowest BCUT2D eigenvalue weighted by Gasteiger charge is -2.09. The van der Waals surface area contributed by atoms with Crippen molar-refractivity contribution in [2.75, 3.05) is 14.2 Å². The highest BCUT2D eigenvalue weighted by atomic mass is 16.5. The van der Waals surface area contributed by atoms with Gasteiger partial charge in [0.15, 0.2) is 0 Å². The summed E-state index contributed by atoms with van der Waals surface area (Å²) in [5.41, 5.74) is 3.02. The highest BCUT2D eigenvalue weighted by molar-refractivity contribution is 5.91. The molecule has 0 unspecified atom stereocenters. The number of ether oxygens (including phenoxy) is 2. The molecular weight excluding hydrogens is 274 g/mol. The molecule has 110 valence electrons. The number of nitrogens with zero attached hydrogens (tertiary/aromatic N) is 1. The largest absolute Gasteiger partial charge is 0.496 e. The molecule has 0 bridgehead atoms. The van der Waals surface area contributed by atoms with E-state index in [1.54, 1.807) is 14.2 Å². The molecule has 0 spiro atoms. The maximum atomic E-state index is 5.42. The number of aromatic nitrogens is 1. The number of para-hydroxylation sites is 1. The molecule has 0 aliphatic rings. The monoisotopic (exact) mass is 291 g/mol. The highest BCUT2D eigenvalue weighted by Gasteiger charge is 2.06. The predicted octanol–water partition coefficient (Wildman–Crippen LogP) is 4.42. The number of pyridine rings is 1. The Kier molecular flexibility index (Phi) is 4.05. The zero-order chi connectivity index (χ0) is 15.4. The number of hydrogen-bond acceptors (Lipinski definition) is 3. The van der Waals surface area contributed by atoms with Gasteiger partial charge in [0.05, 0.1) is 25.3 Å². The van der Waals surface area contributed by atoms with Crippen molar-refractivity contribution in [2.24, 2.45) is 0 Å². The van der Waals surface area contributed by atoms with Gasteiger partial charge in [-0.25, -0.2) is 0 Å². The zero-order valence-corrected chi connectivity index (χ0v) is 12.6. The first-order chi connectivity index (χ1) is 10.8. The molecule has 1 heterocycles. The van der Waals surface area contributed by atoms with Gasteiger partial charge in [0.1, 0.15) is 11.5 Å². The molecule has 22 heavy (non-hydrogen) atoms. The fourth-order valence-corrected chi connectivity index (χ4v) is 2.48. The van der Waals surface area contributed by atoms with E-state index in [0.717, 1.165) is 33.5 Å². The fraction of sp³-hybridized carbons (Fsp3) is 0.105. The third kappa shape index (κ3) is 2.66. The van der Waals surface area contributed by atoms with Gasteiger partial charge in [-0.1, -0.05) is 30.3 Å². The van der Waals surface area contributed by atoms with Gasteiger partial charge in [0, 0.05) is 11.6 Å². The lowest BCUT2D eigenvalue weighted by Crippen LogP contribution is -1.91. The van der Waals surface area contributed by atoms with Crippen LogP contribution >= 0.6 is 0 Å². The molecule has 0 saturated heterocycles. The topological polar surface area (TPSA) is 31.4 Å². The molecule has 0 radical (unpaired) electrons. The van der Waals surface area contributed by atoms with Crippen molar-refractivity contribution in [3.8, 4) is 11.5 Å². The van der Waals surface area contributed by atoms with Crippen LogP contribution < -0.4 is 9.47 Å². The maximum Gasteiger partial charge on any atom is 0.129 e. The summed E-state index contributed by atoms with van der Waals surface area (Å²) in [6, 6.07) is 15.9. The first kappa shape index (κ1) is 14.1. The smallest absolute Gasteiger partial charge is 0.129 e. The van der Waals surface area contributed by atoms with Crippen molar-refractivity contribution < 1.29 is 9.47 Å². The van der Waals surface area contributed by atoms with Gasteiger partial charge in [0.2, 0.25) is 0 Å². The van der Waals surface area contributed by atoms with E-state index in [9.17, 15) is 0 Å². The van der Waals surface area contributed by atoms with E-state index in [-0.39, 0.29) is 0 Å². The van der Waals surface area contributed by atoms with Gasteiger partial charge in [-0.2, -0.15) is 0 Å². The summed E-state index contributed by atoms with van der Waals surface area (Å²) in [7, 11) is 3.32. The second-order valence-electron chi connectivity index (χ2n) is 4.83. The van der Waals surface area contributed by atoms with Crippen molar-refractivity contribution in [1.29, 1.82) is 0 Å². The Morgan fingerprint density at radius 3 is 2.27 bits per heavy atom. The molecule has 0 aliphatic heterocycles. The summed E-state index contributed by atoms with van der Waals surface area (Å²) in [6.07, 6.45) is 5.89. The van der Waals surface area contributed by atoms with Gasteiger partial charge in [-0.05, 0) is 35.9 Å². The molecule has 0 saturated carbocycles. The van der Waals surface area contributed by atoms with Crippen LogP contribution in [0, 0.1) is 0 Å². The summed E-state index contributed by atoms with van der Waals surface area (Å²) in [6.45, 7) is 0. The van der Waals surface area contributed by atoms with Crippen LogP contribution in [-0.4, -0.2) is 19.2 Å². The van der Waals surface area contributed by atoms with Crippen LogP contribution in [0.1, 0.15) is 11.1 Å². The Hall–Kier alpha value is -2.81. The third-order valence-corrected chi connectivity index (χ3v) is 3.58. The second kappa shape index (κ2) is 6.31. The molecule has 3 aromatic rings. The summed E-state index contributed by atoms with van der Waals surface area (Å²) >= 11 is 0. The van der Waals surface area contributed by atoms with Gasteiger partial charge < -0.3 is 9.47 Å². The predicted molar refractivity (Wildman–Crippen MR) is 90.2 cm³/mol. The average Bonchev–Trinajstić information content (AvgIpc) is 2.59. The van der Waals surface area contributed by atoms with Gasteiger partial charge in [-0.3, -0.25) is 4.98 Å². The molecule has 0 amide bonds. The normalized spacial score (nSPS) is 11.0. The maximum absolute atomic E-state index is 5.42. The SMILES string of the molecule is COc1cccc(OC)c1/C=C/c1ccnc2ccccc12. The van der Waals surface area contributed by atoms with Crippen LogP contribution in [0.2, 0.25) is 0 Å². The molecule has 3 rings (SSSR count). The molecule has 3 nitrogen and oxygen atoms in total. The first-order valence-electron chi connectivity index (χ1n) is 7.06. The Balaban J connectivity index is 2.07. The molecule has 0 N–H and O–H groups in total. The molecule has 1 aromatic heterocycles. The molecular formula is C19H17NO2. The van der Waals surface area contributed by atoms with E-state index in [2.05, 4.69) is 17.1 Å². The van der Waals surface area contributed by atoms with Crippen LogP contribution in [0.3, 0.4) is 0 Å². The molecule has 0 aliphatic carbocycles. The Labute approximate surface area is 129 Å². The number of rotatable bonds is 4. The Morgan fingerprint density at radius 1 is 0.818 bits per heavy atom. The summed E-state index contributed by atoms with van der Waals surface area (Å²) < 4.78 is 10.8. The first-order valence-corrected chi connectivity index (χ1v) is 7.06. The minimum Gasteiger partial charge on any atom is -0.496 e. The minimum atomic E-state index is 0.786. The van der Waals surface area contributed by atoms with Crippen molar-refractivity contribution in [2.45, 2.75) is 0 Å². The summed E-state index contributed by atoms with van der Waals surface area (Å²) in [4.78, 5) is 4.38. The summed E-state index contributed by atoms with van der Waals surface area (Å²) in [5.74, 6) is 1.57. The van der Waals surface area contributed by atoms with Crippen LogP contribution in [0.15, 0.2) is 54.7 Å². The summed E-state index contributed by atoms with van der Waals surface area (Å²) in [5, 5.41) is 1.12. The number of hydrogen-bond donors (Lipinski definition) is 0. The average molecular weight is 291 g/mol. The number of fused-ring (bicyclic) bond motifs is 1. The van der Waals surface area contributed by atoms with Crippen molar-refractivity contribution in [3.63, 3.8) is 0 Å². The minimum absolute atomic E-state index is 0.786. The van der Waals surface area contributed by atoms with Crippen molar-refractivity contribution >= 4 is 23.1 Å². The fourth-order valence-electron chi connectivity index (χ4n) is 2.48. The second-order valence-corrected chi connectivity index (χ2v) is 4.83. The lowest BCUT2D eigenvalue weighted by molar-refractivity contribution is 0.392. The highest BCUT2D eigenvalue weighted by Crippen LogP contribution is 2.30. The van der Waals surface area contributed by atoms with E-state index in [4.69, 9.17) is 9.47 Å². The Morgan fingerprint density at radius 2 is 1.55 bits per heavy atom. The van der Waals surface area contributed by atoms with Crippen molar-refractivity contribution in [3.05, 3.63) is 65.9 Å². The number of benzene rings is 2. The van der Waals surface area contributed by atoms with Gasteiger partial charge in [0.25, 0.3) is 0 Å². The van der Waals surface area contributed by atoms with Crippen LogP contribution in [0.4, 0.5) is 0 Å². The lowest BCUT2D eigenvalue weighted by atomic mass is 10.1. The zero-order valence-electron chi connectivity index (χ0n) is 12.6. The van der Waals surface area contributed by atoms with Gasteiger partial charge in [-0.15, -0.1) is 0 Å². The quantitative estimate of drug-likeness (QED) is 0.713. The van der Waals surface area contributed by atoms with E-state index in [1.165, 1.54) is 0 Å². The van der Waals surface area contributed by atoms with E-state index in [1.807, 2.05) is 54.7 Å². The number of methoxy groups -OCH3 is 2. The molecule has 0 fully saturated rings. The van der Waals surface area contributed by atoms with Crippen molar-refractivity contribution in [1.82, 2.24) is 4.98 Å². The van der Waals surface area contributed by atoms with E-state index in [0.29, 0.717) is 0 Å². The molecule has 2 aromatic carbocycles. The van der Waals surface area contributed by atoms with E-state index >= 15 is 0 Å². The van der Waals surface area contributed by atoms with Crippen LogP contribution in [0.5, 0.6) is 11.5 Å². The molecule has 3 heteroatoms.